The first-order valence-electron chi connectivity index (χ1n) is 5.22. The van der Waals surface area contributed by atoms with Crippen LogP contribution in [0.3, 0.4) is 0 Å². The van der Waals surface area contributed by atoms with Crippen molar-refractivity contribution in [3.8, 4) is 0 Å². The molecule has 1 aromatic carbocycles. The Bertz CT molecular complexity index is 273. The van der Waals surface area contributed by atoms with E-state index in [1.165, 1.54) is 17.7 Å². The van der Waals surface area contributed by atoms with Gasteiger partial charge in [0.2, 0.25) is 0 Å². The van der Waals surface area contributed by atoms with E-state index in [1.54, 1.807) is 0 Å². The molecular weight excluding hydrogens is 226 g/mol. The van der Waals surface area contributed by atoms with Crippen LogP contribution in [0.1, 0.15) is 24.9 Å². The van der Waals surface area contributed by atoms with Gasteiger partial charge in [0.25, 0.3) is 0 Å². The number of benzene rings is 1. The number of hydrogen-bond acceptors (Lipinski definition) is 2. The molecule has 0 fully saturated rings. The van der Waals surface area contributed by atoms with Gasteiger partial charge in [0.1, 0.15) is 0 Å². The van der Waals surface area contributed by atoms with E-state index in [0.717, 1.165) is 11.6 Å². The number of rotatable bonds is 6. The van der Waals surface area contributed by atoms with Crippen molar-refractivity contribution in [3.05, 3.63) is 34.9 Å². The first-order chi connectivity index (χ1) is 7.24. The van der Waals surface area contributed by atoms with Crippen molar-refractivity contribution < 1.29 is 0 Å². The molecule has 1 rings (SSSR count). The molecule has 0 aliphatic heterocycles. The molecule has 0 aliphatic carbocycles. The third-order valence-corrected chi connectivity index (χ3v) is 3.29. The summed E-state index contributed by atoms with van der Waals surface area (Å²) in [4.78, 5) is 0. The molecule has 0 bridgehead atoms. The highest BCUT2D eigenvalue weighted by Crippen LogP contribution is 2.15. The molecule has 0 saturated carbocycles. The zero-order valence-electron chi connectivity index (χ0n) is 9.29. The molecule has 0 saturated heterocycles. The van der Waals surface area contributed by atoms with E-state index in [0.29, 0.717) is 6.04 Å². The average molecular weight is 244 g/mol. The lowest BCUT2D eigenvalue weighted by Gasteiger charge is -2.13. The molecule has 0 aliphatic rings. The highest BCUT2D eigenvalue weighted by Gasteiger charge is 2.03. The first-order valence-corrected chi connectivity index (χ1v) is 6.99. The molecule has 15 heavy (non-hydrogen) atoms. The van der Waals surface area contributed by atoms with E-state index >= 15 is 0 Å². The fourth-order valence-corrected chi connectivity index (χ4v) is 1.96. The van der Waals surface area contributed by atoms with Gasteiger partial charge in [0.15, 0.2) is 0 Å². The van der Waals surface area contributed by atoms with E-state index in [-0.39, 0.29) is 0 Å². The number of hydrogen-bond donors (Lipinski definition) is 1. The second kappa shape index (κ2) is 7.15. The smallest absolute Gasteiger partial charge is 0.0406 e. The molecule has 0 aromatic heterocycles. The Morgan fingerprint density at radius 2 is 2.00 bits per heavy atom. The molecular formula is C12H18ClNS. The Kier molecular flexibility index (Phi) is 6.15. The fourth-order valence-electron chi connectivity index (χ4n) is 1.40. The van der Waals surface area contributed by atoms with Crippen LogP contribution in [0.25, 0.3) is 0 Å². The summed E-state index contributed by atoms with van der Waals surface area (Å²) in [5, 5.41) is 4.30. The van der Waals surface area contributed by atoms with E-state index < -0.39 is 0 Å². The highest BCUT2D eigenvalue weighted by molar-refractivity contribution is 7.98. The summed E-state index contributed by atoms with van der Waals surface area (Å²) in [6, 6.07) is 8.45. The van der Waals surface area contributed by atoms with E-state index in [4.69, 9.17) is 11.6 Å². The normalized spacial score (nSPS) is 12.7. The summed E-state index contributed by atoms with van der Waals surface area (Å²) in [5.41, 5.74) is 1.29. The summed E-state index contributed by atoms with van der Waals surface area (Å²) < 4.78 is 0. The van der Waals surface area contributed by atoms with Gasteiger partial charge in [-0.05, 0) is 49.6 Å². The van der Waals surface area contributed by atoms with Gasteiger partial charge in [-0.25, -0.2) is 0 Å². The fraction of sp³-hybridized carbons (Fsp3) is 0.500. The summed E-state index contributed by atoms with van der Waals surface area (Å²) >= 11 is 7.73. The number of halogens is 1. The first kappa shape index (κ1) is 12.9. The van der Waals surface area contributed by atoms with Crippen LogP contribution in [0.5, 0.6) is 0 Å². The van der Waals surface area contributed by atoms with Gasteiger partial charge in [-0.1, -0.05) is 23.7 Å². The molecule has 3 heteroatoms. The van der Waals surface area contributed by atoms with Gasteiger partial charge in [0, 0.05) is 11.1 Å². The lowest BCUT2D eigenvalue weighted by molar-refractivity contribution is 0.572. The van der Waals surface area contributed by atoms with Crippen LogP contribution in [0.4, 0.5) is 0 Å². The predicted molar refractivity (Wildman–Crippen MR) is 70.9 cm³/mol. The second-order valence-electron chi connectivity index (χ2n) is 3.57. The van der Waals surface area contributed by atoms with Crippen LogP contribution in [0.2, 0.25) is 5.02 Å². The van der Waals surface area contributed by atoms with Crippen molar-refractivity contribution in [2.75, 3.05) is 18.6 Å². The Morgan fingerprint density at radius 3 is 2.60 bits per heavy atom. The van der Waals surface area contributed by atoms with Crippen molar-refractivity contribution in [3.63, 3.8) is 0 Å². The third kappa shape index (κ3) is 4.92. The lowest BCUT2D eigenvalue weighted by atomic mass is 10.1. The quantitative estimate of drug-likeness (QED) is 0.764. The second-order valence-corrected chi connectivity index (χ2v) is 5.00. The maximum atomic E-state index is 5.84. The van der Waals surface area contributed by atoms with Gasteiger partial charge in [-0.15, -0.1) is 0 Å². The standard InChI is InChI=1S/C12H18ClNS/c1-10(14-8-3-9-15-2)11-4-6-12(13)7-5-11/h4-7,10,14H,3,8-9H2,1-2H3/t10-/m1/s1. The van der Waals surface area contributed by atoms with Crippen molar-refractivity contribution in [1.82, 2.24) is 5.32 Å². The van der Waals surface area contributed by atoms with Crippen LogP contribution in [-0.4, -0.2) is 18.6 Å². The maximum absolute atomic E-state index is 5.84. The lowest BCUT2D eigenvalue weighted by Crippen LogP contribution is -2.20. The highest BCUT2D eigenvalue weighted by atomic mass is 35.5. The Morgan fingerprint density at radius 1 is 1.33 bits per heavy atom. The summed E-state index contributed by atoms with van der Waals surface area (Å²) in [5.74, 6) is 1.22. The number of nitrogens with one attached hydrogen (secondary N) is 1. The molecule has 1 aromatic rings. The summed E-state index contributed by atoms with van der Waals surface area (Å²) in [7, 11) is 0. The van der Waals surface area contributed by atoms with Crippen LogP contribution >= 0.6 is 23.4 Å². The minimum Gasteiger partial charge on any atom is -0.310 e. The predicted octanol–water partition coefficient (Wildman–Crippen LogP) is 3.74. The molecule has 1 N–H and O–H groups in total. The van der Waals surface area contributed by atoms with Gasteiger partial charge in [-0.2, -0.15) is 11.8 Å². The molecule has 1 nitrogen and oxygen atoms in total. The van der Waals surface area contributed by atoms with Crippen molar-refractivity contribution >= 4 is 23.4 Å². The van der Waals surface area contributed by atoms with Gasteiger partial charge < -0.3 is 5.32 Å². The zero-order chi connectivity index (χ0) is 11.1. The van der Waals surface area contributed by atoms with E-state index in [2.05, 4.69) is 30.6 Å². The molecule has 0 spiro atoms. The summed E-state index contributed by atoms with van der Waals surface area (Å²) in [6.45, 7) is 3.26. The van der Waals surface area contributed by atoms with Crippen LogP contribution in [0.15, 0.2) is 24.3 Å². The molecule has 0 heterocycles. The molecule has 0 amide bonds. The van der Waals surface area contributed by atoms with Crippen molar-refractivity contribution in [1.29, 1.82) is 0 Å². The minimum atomic E-state index is 0.407. The largest absolute Gasteiger partial charge is 0.310 e. The van der Waals surface area contributed by atoms with Gasteiger partial charge in [0.05, 0.1) is 0 Å². The summed E-state index contributed by atoms with van der Waals surface area (Å²) in [6.07, 6.45) is 3.36. The van der Waals surface area contributed by atoms with Crippen LogP contribution in [0, 0.1) is 0 Å². The van der Waals surface area contributed by atoms with E-state index in [9.17, 15) is 0 Å². The number of thioether (sulfide) groups is 1. The van der Waals surface area contributed by atoms with Crippen molar-refractivity contribution in [2.45, 2.75) is 19.4 Å². The molecule has 84 valence electrons. The SMILES string of the molecule is CSCCCN[C@H](C)c1ccc(Cl)cc1. The topological polar surface area (TPSA) is 12.0 Å². The monoisotopic (exact) mass is 243 g/mol. The average Bonchev–Trinajstić information content (AvgIpc) is 2.25. The zero-order valence-corrected chi connectivity index (χ0v) is 10.9. The van der Waals surface area contributed by atoms with Crippen LogP contribution in [-0.2, 0) is 0 Å². The van der Waals surface area contributed by atoms with Gasteiger partial charge in [-0.3, -0.25) is 0 Å². The van der Waals surface area contributed by atoms with Gasteiger partial charge >= 0.3 is 0 Å². The third-order valence-electron chi connectivity index (χ3n) is 2.35. The Labute approximate surface area is 102 Å². The van der Waals surface area contributed by atoms with E-state index in [1.807, 2.05) is 23.9 Å². The van der Waals surface area contributed by atoms with Crippen molar-refractivity contribution in [2.24, 2.45) is 0 Å². The Balaban J connectivity index is 2.33. The minimum absolute atomic E-state index is 0.407. The molecule has 0 radical (unpaired) electrons. The molecule has 0 unspecified atom stereocenters. The maximum Gasteiger partial charge on any atom is 0.0406 e. The van der Waals surface area contributed by atoms with Crippen LogP contribution < -0.4 is 5.32 Å². The molecule has 1 atom stereocenters. The Hall–Kier alpha value is -0.180.